The second-order valence-electron chi connectivity index (χ2n) is 4.79. The van der Waals surface area contributed by atoms with E-state index in [2.05, 4.69) is 4.90 Å². The molecule has 1 fully saturated rings. The van der Waals surface area contributed by atoms with Crippen LogP contribution in [0.2, 0.25) is 0 Å². The van der Waals surface area contributed by atoms with Crippen LogP contribution in [0.5, 0.6) is 11.5 Å². The van der Waals surface area contributed by atoms with Gasteiger partial charge in [0.1, 0.15) is 11.3 Å². The Morgan fingerprint density at radius 2 is 1.76 bits per heavy atom. The topological polar surface area (TPSA) is 100 Å². The lowest BCUT2D eigenvalue weighted by Gasteiger charge is -2.32. The highest BCUT2D eigenvalue weighted by Crippen LogP contribution is 2.46. The van der Waals surface area contributed by atoms with Gasteiger partial charge < -0.3 is 30.6 Å². The quantitative estimate of drug-likeness (QED) is 0.786. The number of ether oxygens (including phenoxy) is 3. The Labute approximate surface area is 123 Å². The summed E-state index contributed by atoms with van der Waals surface area (Å²) in [4.78, 5) is 13.8. The maximum atomic E-state index is 11.8. The number of carbonyl (C=O) groups is 1. The van der Waals surface area contributed by atoms with E-state index >= 15 is 0 Å². The Bertz CT molecular complexity index is 554. The molecular weight excluding hydrogens is 274 g/mol. The molecule has 4 N–H and O–H groups in total. The van der Waals surface area contributed by atoms with Crippen LogP contribution in [0, 0.1) is 6.92 Å². The second-order valence-corrected chi connectivity index (χ2v) is 4.79. The van der Waals surface area contributed by atoms with Crippen LogP contribution in [0.4, 0.5) is 11.4 Å². The highest BCUT2D eigenvalue weighted by molar-refractivity contribution is 6.05. The van der Waals surface area contributed by atoms with Gasteiger partial charge in [-0.15, -0.1) is 0 Å². The first-order valence-electron chi connectivity index (χ1n) is 6.69. The maximum absolute atomic E-state index is 11.8. The van der Waals surface area contributed by atoms with Crippen molar-refractivity contribution < 1.29 is 19.0 Å². The average molecular weight is 295 g/mol. The monoisotopic (exact) mass is 295 g/mol. The zero-order valence-electron chi connectivity index (χ0n) is 12.6. The molecule has 0 aliphatic carbocycles. The second kappa shape index (κ2) is 6.09. The fourth-order valence-electron chi connectivity index (χ4n) is 2.60. The molecule has 116 valence electrons. The van der Waals surface area contributed by atoms with Crippen LogP contribution in [0.3, 0.4) is 0 Å². The first-order chi connectivity index (χ1) is 10.0. The SMILES string of the molecule is COc1c(C)c(N)c(C(N)=O)c(OC)c1N1CCOCC1. The standard InChI is InChI=1S/C14H21N3O4/c1-8-10(15)9(14(16)18)13(20-3)11(12(8)19-2)17-4-6-21-7-5-17/h4-7,15H2,1-3H3,(H2,16,18). The van der Waals surface area contributed by atoms with Gasteiger partial charge in [0.15, 0.2) is 11.5 Å². The number of rotatable bonds is 4. The van der Waals surface area contributed by atoms with Crippen molar-refractivity contribution >= 4 is 17.3 Å². The summed E-state index contributed by atoms with van der Waals surface area (Å²) in [6.07, 6.45) is 0. The number of anilines is 2. The van der Waals surface area contributed by atoms with Crippen LogP contribution in [-0.2, 0) is 4.74 Å². The molecule has 0 bridgehead atoms. The summed E-state index contributed by atoms with van der Waals surface area (Å²) in [5, 5.41) is 0. The molecule has 7 nitrogen and oxygen atoms in total. The molecule has 1 aromatic carbocycles. The first-order valence-corrected chi connectivity index (χ1v) is 6.69. The molecule has 1 amide bonds. The van der Waals surface area contributed by atoms with Crippen molar-refractivity contribution in [3.05, 3.63) is 11.1 Å². The minimum absolute atomic E-state index is 0.192. The normalized spacial score (nSPS) is 14.9. The first kappa shape index (κ1) is 15.2. The number of nitrogen functional groups attached to an aromatic ring is 1. The third kappa shape index (κ3) is 2.56. The molecule has 1 aromatic rings. The summed E-state index contributed by atoms with van der Waals surface area (Å²) in [5.41, 5.74) is 13.3. The van der Waals surface area contributed by atoms with Gasteiger partial charge in [0, 0.05) is 18.7 Å². The molecule has 0 atom stereocenters. The van der Waals surface area contributed by atoms with E-state index in [0.717, 1.165) is 0 Å². The minimum atomic E-state index is -0.621. The average Bonchev–Trinajstić information content (AvgIpc) is 2.49. The summed E-state index contributed by atoms with van der Waals surface area (Å²) in [6, 6.07) is 0. The molecule has 21 heavy (non-hydrogen) atoms. The molecule has 0 radical (unpaired) electrons. The van der Waals surface area contributed by atoms with Crippen LogP contribution in [0.15, 0.2) is 0 Å². The molecule has 1 aliphatic heterocycles. The zero-order chi connectivity index (χ0) is 15.6. The molecule has 0 saturated carbocycles. The molecule has 1 aliphatic rings. The number of amides is 1. The van der Waals surface area contributed by atoms with Gasteiger partial charge in [-0.1, -0.05) is 0 Å². The van der Waals surface area contributed by atoms with Crippen molar-refractivity contribution in [1.29, 1.82) is 0 Å². The summed E-state index contributed by atoms with van der Waals surface area (Å²) in [7, 11) is 3.05. The fraction of sp³-hybridized carbons (Fsp3) is 0.500. The number of primary amides is 1. The van der Waals surface area contributed by atoms with E-state index in [9.17, 15) is 4.79 Å². The predicted octanol–water partition coefficient (Wildman–Crippen LogP) is 0.530. The zero-order valence-corrected chi connectivity index (χ0v) is 12.6. The molecule has 7 heteroatoms. The number of methoxy groups -OCH3 is 2. The van der Waals surface area contributed by atoms with Crippen molar-refractivity contribution in [2.75, 3.05) is 51.2 Å². The van der Waals surface area contributed by atoms with Gasteiger partial charge in [0.25, 0.3) is 5.91 Å². The van der Waals surface area contributed by atoms with Crippen LogP contribution in [0.25, 0.3) is 0 Å². The van der Waals surface area contributed by atoms with Gasteiger partial charge in [0.2, 0.25) is 0 Å². The molecule has 2 rings (SSSR count). The Kier molecular flexibility index (Phi) is 4.42. The van der Waals surface area contributed by atoms with Crippen molar-refractivity contribution in [3.63, 3.8) is 0 Å². The van der Waals surface area contributed by atoms with Gasteiger partial charge in [-0.2, -0.15) is 0 Å². The summed E-state index contributed by atoms with van der Waals surface area (Å²) in [5.74, 6) is 0.324. The molecule has 0 aromatic heterocycles. The Morgan fingerprint density at radius 1 is 1.19 bits per heavy atom. The number of hydrogen-bond donors (Lipinski definition) is 2. The van der Waals surface area contributed by atoms with E-state index in [1.807, 2.05) is 0 Å². The van der Waals surface area contributed by atoms with Crippen molar-refractivity contribution in [2.45, 2.75) is 6.92 Å². The Morgan fingerprint density at radius 3 is 2.24 bits per heavy atom. The summed E-state index contributed by atoms with van der Waals surface area (Å²) >= 11 is 0. The van der Waals surface area contributed by atoms with Crippen molar-refractivity contribution in [1.82, 2.24) is 0 Å². The van der Waals surface area contributed by atoms with Crippen LogP contribution >= 0.6 is 0 Å². The molecular formula is C14H21N3O4. The van der Waals surface area contributed by atoms with E-state index in [1.54, 1.807) is 14.0 Å². The molecule has 0 spiro atoms. The third-order valence-corrected chi connectivity index (χ3v) is 3.65. The number of nitrogens with two attached hydrogens (primary N) is 2. The highest BCUT2D eigenvalue weighted by atomic mass is 16.5. The van der Waals surface area contributed by atoms with Gasteiger partial charge in [-0.25, -0.2) is 0 Å². The predicted molar refractivity (Wildman–Crippen MR) is 80.2 cm³/mol. The molecule has 1 heterocycles. The van der Waals surface area contributed by atoms with Gasteiger partial charge in [-0.3, -0.25) is 4.79 Å². The van der Waals surface area contributed by atoms with Crippen LogP contribution < -0.4 is 25.8 Å². The van der Waals surface area contributed by atoms with E-state index in [0.29, 0.717) is 49.1 Å². The van der Waals surface area contributed by atoms with E-state index in [1.165, 1.54) is 7.11 Å². The third-order valence-electron chi connectivity index (χ3n) is 3.65. The van der Waals surface area contributed by atoms with Gasteiger partial charge in [0.05, 0.1) is 33.1 Å². The number of morpholine rings is 1. The van der Waals surface area contributed by atoms with E-state index in [-0.39, 0.29) is 11.3 Å². The van der Waals surface area contributed by atoms with Gasteiger partial charge in [-0.05, 0) is 6.92 Å². The Hall–Kier alpha value is -2.15. The largest absolute Gasteiger partial charge is 0.494 e. The lowest BCUT2D eigenvalue weighted by Crippen LogP contribution is -2.37. The van der Waals surface area contributed by atoms with E-state index in [4.69, 9.17) is 25.7 Å². The van der Waals surface area contributed by atoms with Crippen LogP contribution in [0.1, 0.15) is 15.9 Å². The maximum Gasteiger partial charge on any atom is 0.254 e. The van der Waals surface area contributed by atoms with Crippen molar-refractivity contribution in [2.24, 2.45) is 5.73 Å². The highest BCUT2D eigenvalue weighted by Gasteiger charge is 2.29. The van der Waals surface area contributed by atoms with Crippen LogP contribution in [-0.4, -0.2) is 46.4 Å². The number of carbonyl (C=O) groups excluding carboxylic acids is 1. The number of benzene rings is 1. The van der Waals surface area contributed by atoms with Gasteiger partial charge >= 0.3 is 0 Å². The summed E-state index contributed by atoms with van der Waals surface area (Å²) in [6.45, 7) is 4.34. The number of hydrogen-bond acceptors (Lipinski definition) is 6. The Balaban J connectivity index is 2.72. The molecule has 1 saturated heterocycles. The number of nitrogens with zero attached hydrogens (tertiary/aromatic N) is 1. The molecule has 0 unspecified atom stereocenters. The van der Waals surface area contributed by atoms with Crippen molar-refractivity contribution in [3.8, 4) is 11.5 Å². The minimum Gasteiger partial charge on any atom is -0.494 e. The fourth-order valence-corrected chi connectivity index (χ4v) is 2.60. The summed E-state index contributed by atoms with van der Waals surface area (Å²) < 4.78 is 16.3. The lowest BCUT2D eigenvalue weighted by molar-refractivity contribution is 0.0998. The van der Waals surface area contributed by atoms with E-state index < -0.39 is 5.91 Å². The smallest absolute Gasteiger partial charge is 0.254 e. The lowest BCUT2D eigenvalue weighted by atomic mass is 10.0.